The molecule has 11 heteroatoms. The number of nitrogens with zero attached hydrogens (tertiary/aromatic N) is 2. The summed E-state index contributed by atoms with van der Waals surface area (Å²) >= 11 is 3.45. The molecule has 0 bridgehead atoms. The molecule has 1 atom stereocenters. The van der Waals surface area contributed by atoms with Crippen molar-refractivity contribution in [1.82, 2.24) is 10.2 Å². The third-order valence-corrected chi connectivity index (χ3v) is 8.66. The number of sulfonamides is 1. The van der Waals surface area contributed by atoms with Crippen LogP contribution in [0.2, 0.25) is 0 Å². The normalized spacial score (nSPS) is 13.3. The summed E-state index contributed by atoms with van der Waals surface area (Å²) in [5, 5.41) is 2.98. The number of hydrogen-bond acceptors (Lipinski definition) is 6. The fourth-order valence-electron chi connectivity index (χ4n) is 4.91. The molecule has 0 fully saturated rings. The van der Waals surface area contributed by atoms with Gasteiger partial charge in [-0.25, -0.2) is 8.42 Å². The number of benzene rings is 3. The van der Waals surface area contributed by atoms with Crippen LogP contribution in [-0.4, -0.2) is 63.2 Å². The van der Waals surface area contributed by atoms with Crippen LogP contribution in [0.3, 0.4) is 0 Å². The highest BCUT2D eigenvalue weighted by molar-refractivity contribution is 9.10. The van der Waals surface area contributed by atoms with Gasteiger partial charge in [0.15, 0.2) is 11.5 Å². The van der Waals surface area contributed by atoms with E-state index >= 15 is 0 Å². The van der Waals surface area contributed by atoms with Crippen LogP contribution in [0.5, 0.6) is 11.5 Å². The molecule has 0 radical (unpaired) electrons. The highest BCUT2D eigenvalue weighted by Crippen LogP contribution is 2.35. The second-order valence-corrected chi connectivity index (χ2v) is 13.6. The molecule has 0 unspecified atom stereocenters. The van der Waals surface area contributed by atoms with Crippen LogP contribution in [0.4, 0.5) is 5.69 Å². The molecule has 9 nitrogen and oxygen atoms in total. The Balaban J connectivity index is 1.57. The van der Waals surface area contributed by atoms with Crippen molar-refractivity contribution in [2.45, 2.75) is 51.7 Å². The molecule has 0 saturated carbocycles. The van der Waals surface area contributed by atoms with Crippen LogP contribution in [0.25, 0.3) is 0 Å². The van der Waals surface area contributed by atoms with Crippen molar-refractivity contribution in [1.29, 1.82) is 0 Å². The summed E-state index contributed by atoms with van der Waals surface area (Å²) < 4.78 is 39.0. The van der Waals surface area contributed by atoms with E-state index < -0.39 is 16.1 Å². The number of nitrogens with one attached hydrogen (secondary N) is 1. The first-order valence-electron chi connectivity index (χ1n) is 14.3. The maximum atomic E-state index is 13.9. The van der Waals surface area contributed by atoms with Gasteiger partial charge in [0, 0.05) is 42.5 Å². The van der Waals surface area contributed by atoms with Crippen molar-refractivity contribution in [2.75, 3.05) is 30.3 Å². The summed E-state index contributed by atoms with van der Waals surface area (Å²) in [6.45, 7) is 4.89. The van der Waals surface area contributed by atoms with Crippen LogP contribution >= 0.6 is 15.9 Å². The third-order valence-electron chi connectivity index (χ3n) is 6.93. The Hall–Kier alpha value is -3.57. The Bertz CT molecular complexity index is 1500. The lowest BCUT2D eigenvalue weighted by Gasteiger charge is -2.32. The van der Waals surface area contributed by atoms with Gasteiger partial charge in [-0.1, -0.05) is 58.4 Å². The first-order valence-corrected chi connectivity index (χ1v) is 16.9. The zero-order valence-electron chi connectivity index (χ0n) is 24.7. The molecule has 43 heavy (non-hydrogen) atoms. The van der Waals surface area contributed by atoms with Gasteiger partial charge >= 0.3 is 0 Å². The van der Waals surface area contributed by atoms with Gasteiger partial charge in [-0.15, -0.1) is 0 Å². The molecule has 230 valence electrons. The van der Waals surface area contributed by atoms with Gasteiger partial charge in [-0.3, -0.25) is 13.9 Å². The molecule has 1 N–H and O–H groups in total. The molecule has 0 saturated heterocycles. The van der Waals surface area contributed by atoms with E-state index in [1.807, 2.05) is 68.4 Å². The van der Waals surface area contributed by atoms with E-state index in [1.165, 1.54) is 4.31 Å². The van der Waals surface area contributed by atoms with Crippen molar-refractivity contribution in [2.24, 2.45) is 0 Å². The van der Waals surface area contributed by atoms with E-state index in [2.05, 4.69) is 21.2 Å². The Morgan fingerprint density at radius 3 is 2.26 bits per heavy atom. The topological polar surface area (TPSA) is 105 Å². The van der Waals surface area contributed by atoms with E-state index in [-0.39, 0.29) is 43.8 Å². The van der Waals surface area contributed by atoms with E-state index in [0.717, 1.165) is 21.9 Å². The summed E-state index contributed by atoms with van der Waals surface area (Å²) in [7, 11) is -3.66. The fraction of sp³-hybridized carbons (Fsp3) is 0.375. The number of fused-ring (bicyclic) bond motifs is 1. The summed E-state index contributed by atoms with van der Waals surface area (Å²) in [6, 6.07) is 21.4. The average molecular weight is 673 g/mol. The number of hydrogen-bond donors (Lipinski definition) is 1. The Morgan fingerprint density at radius 2 is 1.60 bits per heavy atom. The van der Waals surface area contributed by atoms with Crippen molar-refractivity contribution >= 4 is 43.5 Å². The van der Waals surface area contributed by atoms with E-state index in [0.29, 0.717) is 36.8 Å². The quantitative estimate of drug-likeness (QED) is 0.276. The molecule has 1 aliphatic rings. The van der Waals surface area contributed by atoms with Gasteiger partial charge in [-0.2, -0.15) is 0 Å². The van der Waals surface area contributed by atoms with Gasteiger partial charge in [-0.05, 0) is 55.7 Å². The molecule has 4 rings (SSSR count). The van der Waals surface area contributed by atoms with Crippen molar-refractivity contribution < 1.29 is 27.5 Å². The first kappa shape index (κ1) is 32.3. The van der Waals surface area contributed by atoms with Gasteiger partial charge in [0.05, 0.1) is 11.9 Å². The summed E-state index contributed by atoms with van der Waals surface area (Å²) in [4.78, 5) is 29.1. The minimum atomic E-state index is -3.66. The molecule has 0 aromatic heterocycles. The van der Waals surface area contributed by atoms with Crippen LogP contribution in [0.1, 0.15) is 37.8 Å². The van der Waals surface area contributed by atoms with Crippen LogP contribution in [0, 0.1) is 0 Å². The Morgan fingerprint density at radius 1 is 0.930 bits per heavy atom. The third kappa shape index (κ3) is 9.21. The van der Waals surface area contributed by atoms with Gasteiger partial charge in [0.1, 0.15) is 19.3 Å². The lowest BCUT2D eigenvalue weighted by atomic mass is 10.0. The van der Waals surface area contributed by atoms with Crippen LogP contribution < -0.4 is 19.1 Å². The monoisotopic (exact) mass is 671 g/mol. The number of amides is 2. The summed E-state index contributed by atoms with van der Waals surface area (Å²) in [5.74, 6) is 0.567. The number of halogens is 1. The molecule has 0 aliphatic carbocycles. The molecular weight excluding hydrogens is 634 g/mol. The lowest BCUT2D eigenvalue weighted by Crippen LogP contribution is -2.51. The predicted octanol–water partition coefficient (Wildman–Crippen LogP) is 4.93. The minimum absolute atomic E-state index is 0.0490. The van der Waals surface area contributed by atoms with Crippen molar-refractivity contribution in [3.05, 3.63) is 88.4 Å². The molecule has 1 aliphatic heterocycles. The number of carbonyl (C=O) groups excluding carboxylic acids is 2. The zero-order chi connectivity index (χ0) is 31.0. The van der Waals surface area contributed by atoms with Gasteiger partial charge in [0.2, 0.25) is 21.8 Å². The maximum absolute atomic E-state index is 13.9. The first-order chi connectivity index (χ1) is 20.5. The molecular formula is C32H38BrN3O6S. The van der Waals surface area contributed by atoms with E-state index in [1.54, 1.807) is 23.1 Å². The van der Waals surface area contributed by atoms with Crippen molar-refractivity contribution in [3.63, 3.8) is 0 Å². The molecule has 3 aromatic carbocycles. The fourth-order valence-corrected chi connectivity index (χ4v) is 6.13. The summed E-state index contributed by atoms with van der Waals surface area (Å²) in [6.07, 6.45) is 1.78. The zero-order valence-corrected chi connectivity index (χ0v) is 27.1. The highest BCUT2D eigenvalue weighted by Gasteiger charge is 2.31. The molecule has 2 amide bonds. The standard InChI is InChI=1S/C32H38BrN3O6S/c1-23(2)34-32(38)28(20-24-8-5-4-6-9-24)35(22-25-11-13-26(33)14-12-25)31(37)10-7-17-36(43(3,39)40)27-15-16-29-30(21-27)42-19-18-41-29/h4-6,8-9,11-16,21,23,28H,7,10,17-20,22H2,1-3H3,(H,34,38)/t28-/m0/s1. The second kappa shape index (κ2) is 14.7. The Kier molecular flexibility index (Phi) is 11.1. The number of carbonyl (C=O) groups is 2. The average Bonchev–Trinajstić information content (AvgIpc) is 2.97. The number of anilines is 1. The molecule has 0 spiro atoms. The SMILES string of the molecule is CC(C)NC(=O)[C@H](Cc1ccccc1)N(Cc1ccc(Br)cc1)C(=O)CCCN(c1ccc2c(c1)OCCO2)S(C)(=O)=O. The van der Waals surface area contributed by atoms with E-state index in [9.17, 15) is 18.0 Å². The Labute approximate surface area is 262 Å². The largest absolute Gasteiger partial charge is 0.486 e. The predicted molar refractivity (Wildman–Crippen MR) is 171 cm³/mol. The number of ether oxygens (including phenoxy) is 2. The van der Waals surface area contributed by atoms with Gasteiger partial charge in [0.25, 0.3) is 0 Å². The second-order valence-electron chi connectivity index (χ2n) is 10.8. The van der Waals surface area contributed by atoms with Crippen molar-refractivity contribution in [3.8, 4) is 11.5 Å². The maximum Gasteiger partial charge on any atom is 0.243 e. The van der Waals surface area contributed by atoms with Crippen LogP contribution in [0.15, 0.2) is 77.3 Å². The highest BCUT2D eigenvalue weighted by atomic mass is 79.9. The number of rotatable bonds is 13. The van der Waals surface area contributed by atoms with E-state index in [4.69, 9.17) is 9.47 Å². The summed E-state index contributed by atoms with van der Waals surface area (Å²) in [5.41, 5.74) is 2.24. The van der Waals surface area contributed by atoms with Crippen LogP contribution in [-0.2, 0) is 32.6 Å². The molecule has 3 aromatic rings. The minimum Gasteiger partial charge on any atom is -0.486 e. The smallest absolute Gasteiger partial charge is 0.243 e. The lowest BCUT2D eigenvalue weighted by molar-refractivity contribution is -0.141. The van der Waals surface area contributed by atoms with Gasteiger partial charge < -0.3 is 19.7 Å². The molecule has 1 heterocycles.